The van der Waals surface area contributed by atoms with Crippen molar-refractivity contribution in [3.05, 3.63) is 0 Å². The third-order valence-electron chi connectivity index (χ3n) is 0.904. The molecule has 0 aliphatic rings. The quantitative estimate of drug-likeness (QED) is 0.396. The van der Waals surface area contributed by atoms with Crippen LogP contribution in [0.25, 0.3) is 0 Å². The number of ketones is 1. The molecule has 0 aromatic heterocycles. The first-order valence-electron chi connectivity index (χ1n) is 3.41. The molecule has 0 rings (SSSR count). The Morgan fingerprint density at radius 1 is 1.27 bits per heavy atom. The Morgan fingerprint density at radius 3 is 2.55 bits per heavy atom. The summed E-state index contributed by atoms with van der Waals surface area (Å²) in [5.41, 5.74) is 0. The predicted molar refractivity (Wildman–Crippen MR) is 39.3 cm³/mol. The van der Waals surface area contributed by atoms with Crippen molar-refractivity contribution < 1.29 is 19.0 Å². The summed E-state index contributed by atoms with van der Waals surface area (Å²) in [5, 5.41) is 0. The Kier molecular flexibility index (Phi) is 7.34. The maximum absolute atomic E-state index is 10.3. The van der Waals surface area contributed by atoms with E-state index in [2.05, 4.69) is 0 Å². The topological polar surface area (TPSA) is 44.8 Å². The molecule has 0 unspecified atom stereocenters. The lowest BCUT2D eigenvalue weighted by atomic mass is 10.5. The summed E-state index contributed by atoms with van der Waals surface area (Å²) in [6, 6.07) is 0. The minimum absolute atomic E-state index is 0.000316. The standard InChI is InChI=1S/C7H14O4/c1-7(8)5-11-6-10-4-3-9-2/h3-6H2,1-2H3. The number of Topliss-reactive ketones (excluding diaryl/α,β-unsaturated/α-hetero) is 1. The highest BCUT2D eigenvalue weighted by Crippen LogP contribution is 1.79. The number of ether oxygens (including phenoxy) is 3. The minimum atomic E-state index is 0.000316. The van der Waals surface area contributed by atoms with Crippen molar-refractivity contribution in [3.8, 4) is 0 Å². The Hall–Kier alpha value is -0.450. The van der Waals surface area contributed by atoms with Gasteiger partial charge in [-0.2, -0.15) is 0 Å². The number of carbonyl (C=O) groups excluding carboxylic acids is 1. The minimum Gasteiger partial charge on any atom is -0.382 e. The summed E-state index contributed by atoms with van der Waals surface area (Å²) in [6.45, 7) is 2.78. The van der Waals surface area contributed by atoms with Gasteiger partial charge in [0.2, 0.25) is 0 Å². The van der Waals surface area contributed by atoms with E-state index in [0.717, 1.165) is 0 Å². The van der Waals surface area contributed by atoms with Crippen LogP contribution in [0.5, 0.6) is 0 Å². The molecular formula is C7H14O4. The second-order valence-corrected chi connectivity index (χ2v) is 2.07. The largest absolute Gasteiger partial charge is 0.382 e. The van der Waals surface area contributed by atoms with Crippen LogP contribution in [0.3, 0.4) is 0 Å². The molecule has 66 valence electrons. The van der Waals surface area contributed by atoms with Gasteiger partial charge in [-0.25, -0.2) is 0 Å². The number of hydrogen-bond acceptors (Lipinski definition) is 4. The summed E-state index contributed by atoms with van der Waals surface area (Å²) in [4.78, 5) is 10.3. The Labute approximate surface area is 66.4 Å². The molecule has 4 nitrogen and oxygen atoms in total. The maximum atomic E-state index is 10.3. The fourth-order valence-electron chi connectivity index (χ4n) is 0.446. The summed E-state index contributed by atoms with van der Waals surface area (Å²) in [5.74, 6) is 0.000316. The van der Waals surface area contributed by atoms with Crippen molar-refractivity contribution in [1.82, 2.24) is 0 Å². The average Bonchev–Trinajstić information content (AvgIpc) is 1.96. The van der Waals surface area contributed by atoms with Gasteiger partial charge in [-0.05, 0) is 6.92 Å². The molecule has 0 N–H and O–H groups in total. The van der Waals surface area contributed by atoms with Crippen molar-refractivity contribution in [1.29, 1.82) is 0 Å². The van der Waals surface area contributed by atoms with E-state index in [1.54, 1.807) is 7.11 Å². The summed E-state index contributed by atoms with van der Waals surface area (Å²) in [7, 11) is 1.60. The predicted octanol–water partition coefficient (Wildman–Crippen LogP) is 0.212. The van der Waals surface area contributed by atoms with E-state index in [-0.39, 0.29) is 19.2 Å². The third kappa shape index (κ3) is 9.55. The van der Waals surface area contributed by atoms with Gasteiger partial charge in [-0.3, -0.25) is 4.79 Å². The molecule has 4 heteroatoms. The molecule has 0 amide bonds. The van der Waals surface area contributed by atoms with Crippen molar-refractivity contribution in [2.45, 2.75) is 6.92 Å². The van der Waals surface area contributed by atoms with Crippen molar-refractivity contribution in [3.63, 3.8) is 0 Å². The molecule has 0 aromatic rings. The second kappa shape index (κ2) is 7.65. The van der Waals surface area contributed by atoms with Crippen LogP contribution in [0.15, 0.2) is 0 Å². The summed E-state index contributed by atoms with van der Waals surface area (Å²) >= 11 is 0. The van der Waals surface area contributed by atoms with Crippen LogP contribution in [0.4, 0.5) is 0 Å². The zero-order valence-corrected chi connectivity index (χ0v) is 6.96. The summed E-state index contributed by atoms with van der Waals surface area (Å²) in [6.07, 6.45) is 0. The monoisotopic (exact) mass is 162 g/mol. The van der Waals surface area contributed by atoms with Gasteiger partial charge in [0, 0.05) is 7.11 Å². The molecule has 0 saturated carbocycles. The van der Waals surface area contributed by atoms with E-state index in [1.165, 1.54) is 6.92 Å². The van der Waals surface area contributed by atoms with Crippen molar-refractivity contribution in [2.24, 2.45) is 0 Å². The SMILES string of the molecule is COCCOCOCC(C)=O. The Balaban J connectivity index is 2.85. The van der Waals surface area contributed by atoms with Gasteiger partial charge in [-0.15, -0.1) is 0 Å². The fourth-order valence-corrected chi connectivity index (χ4v) is 0.446. The van der Waals surface area contributed by atoms with Gasteiger partial charge in [0.15, 0.2) is 5.78 Å². The van der Waals surface area contributed by atoms with E-state index < -0.39 is 0 Å². The van der Waals surface area contributed by atoms with Crippen LogP contribution in [-0.2, 0) is 19.0 Å². The Bertz CT molecular complexity index is 103. The molecule has 0 atom stereocenters. The van der Waals surface area contributed by atoms with Gasteiger partial charge < -0.3 is 14.2 Å². The third-order valence-corrected chi connectivity index (χ3v) is 0.904. The molecule has 0 saturated heterocycles. The zero-order chi connectivity index (χ0) is 8.53. The maximum Gasteiger partial charge on any atom is 0.155 e. The normalized spacial score (nSPS) is 10.0. The van der Waals surface area contributed by atoms with Gasteiger partial charge in [0.05, 0.1) is 13.2 Å². The first-order chi connectivity index (χ1) is 5.27. The van der Waals surface area contributed by atoms with E-state index in [1.807, 2.05) is 0 Å². The highest BCUT2D eigenvalue weighted by molar-refractivity contribution is 5.76. The molecule has 11 heavy (non-hydrogen) atoms. The van der Waals surface area contributed by atoms with Gasteiger partial charge in [0.25, 0.3) is 0 Å². The number of hydrogen-bond donors (Lipinski definition) is 0. The smallest absolute Gasteiger partial charge is 0.155 e. The highest BCUT2D eigenvalue weighted by Gasteiger charge is 1.91. The highest BCUT2D eigenvalue weighted by atomic mass is 16.7. The van der Waals surface area contributed by atoms with Crippen LogP contribution < -0.4 is 0 Å². The fraction of sp³-hybridized carbons (Fsp3) is 0.857. The average molecular weight is 162 g/mol. The molecular weight excluding hydrogens is 148 g/mol. The molecule has 0 spiro atoms. The number of rotatable bonds is 7. The van der Waals surface area contributed by atoms with E-state index in [4.69, 9.17) is 14.2 Å². The van der Waals surface area contributed by atoms with Crippen LogP contribution in [-0.4, -0.2) is 39.5 Å². The lowest BCUT2D eigenvalue weighted by molar-refractivity contribution is -0.128. The molecule has 0 aliphatic heterocycles. The van der Waals surface area contributed by atoms with Gasteiger partial charge in [-0.1, -0.05) is 0 Å². The van der Waals surface area contributed by atoms with E-state index >= 15 is 0 Å². The van der Waals surface area contributed by atoms with Crippen molar-refractivity contribution >= 4 is 5.78 Å². The first kappa shape index (κ1) is 10.6. The van der Waals surface area contributed by atoms with E-state index in [9.17, 15) is 4.79 Å². The molecule has 0 aromatic carbocycles. The van der Waals surface area contributed by atoms with Crippen LogP contribution in [0, 0.1) is 0 Å². The lowest BCUT2D eigenvalue weighted by Gasteiger charge is -2.02. The summed E-state index contributed by atoms with van der Waals surface area (Å²) < 4.78 is 14.5. The lowest BCUT2D eigenvalue weighted by Crippen LogP contribution is -2.09. The molecule has 0 aliphatic carbocycles. The van der Waals surface area contributed by atoms with Crippen LogP contribution >= 0.6 is 0 Å². The number of methoxy groups -OCH3 is 1. The second-order valence-electron chi connectivity index (χ2n) is 2.07. The zero-order valence-electron chi connectivity index (χ0n) is 6.96. The number of carbonyl (C=O) groups is 1. The van der Waals surface area contributed by atoms with Crippen molar-refractivity contribution in [2.75, 3.05) is 33.7 Å². The van der Waals surface area contributed by atoms with Gasteiger partial charge >= 0.3 is 0 Å². The van der Waals surface area contributed by atoms with E-state index in [0.29, 0.717) is 13.2 Å². The molecule has 0 bridgehead atoms. The Morgan fingerprint density at radius 2 is 2.00 bits per heavy atom. The van der Waals surface area contributed by atoms with Gasteiger partial charge in [0.1, 0.15) is 13.4 Å². The molecule has 0 heterocycles. The first-order valence-corrected chi connectivity index (χ1v) is 3.41. The van der Waals surface area contributed by atoms with Crippen LogP contribution in [0.1, 0.15) is 6.92 Å². The van der Waals surface area contributed by atoms with Crippen LogP contribution in [0.2, 0.25) is 0 Å². The molecule has 0 fully saturated rings. The molecule has 0 radical (unpaired) electrons.